The molecular formula is C13H23NO2. The highest BCUT2D eigenvalue weighted by atomic mass is 16.4. The highest BCUT2D eigenvalue weighted by Crippen LogP contribution is 2.36. The molecule has 1 saturated carbocycles. The van der Waals surface area contributed by atoms with Crippen LogP contribution in [0.25, 0.3) is 0 Å². The Kier molecular flexibility index (Phi) is 3.24. The first-order valence-electron chi connectivity index (χ1n) is 6.50. The first kappa shape index (κ1) is 11.9. The Morgan fingerprint density at radius 2 is 2.12 bits per heavy atom. The van der Waals surface area contributed by atoms with Gasteiger partial charge in [0, 0.05) is 12.6 Å². The average molecular weight is 225 g/mol. The molecule has 3 nitrogen and oxygen atoms in total. The van der Waals surface area contributed by atoms with Crippen molar-refractivity contribution in [3.8, 4) is 0 Å². The van der Waals surface area contributed by atoms with Gasteiger partial charge in [-0.05, 0) is 45.1 Å². The molecule has 0 spiro atoms. The van der Waals surface area contributed by atoms with E-state index < -0.39 is 11.4 Å². The first-order chi connectivity index (χ1) is 7.53. The van der Waals surface area contributed by atoms with E-state index >= 15 is 0 Å². The molecule has 0 aromatic carbocycles. The number of hydrogen-bond acceptors (Lipinski definition) is 2. The molecule has 1 N–H and O–H groups in total. The van der Waals surface area contributed by atoms with E-state index in [0.29, 0.717) is 6.04 Å². The predicted molar refractivity (Wildman–Crippen MR) is 63.4 cm³/mol. The molecule has 0 aromatic rings. The van der Waals surface area contributed by atoms with Crippen LogP contribution < -0.4 is 0 Å². The molecule has 0 aromatic heterocycles. The zero-order valence-corrected chi connectivity index (χ0v) is 10.4. The standard InChI is InChI=1S/C13H23NO2/c1-10-5-3-6-11(10)14-8-4-7-13(2,9-14)12(15)16/h10-11H,3-9H2,1-2H3,(H,15,16). The van der Waals surface area contributed by atoms with Crippen molar-refractivity contribution in [1.82, 2.24) is 4.90 Å². The van der Waals surface area contributed by atoms with Crippen LogP contribution in [0.15, 0.2) is 0 Å². The summed E-state index contributed by atoms with van der Waals surface area (Å²) in [5.41, 5.74) is -0.513. The Bertz CT molecular complexity index is 279. The van der Waals surface area contributed by atoms with Gasteiger partial charge in [0.25, 0.3) is 0 Å². The van der Waals surface area contributed by atoms with Crippen LogP contribution in [-0.4, -0.2) is 35.1 Å². The third-order valence-electron chi connectivity index (χ3n) is 4.53. The topological polar surface area (TPSA) is 40.5 Å². The van der Waals surface area contributed by atoms with Gasteiger partial charge in [-0.25, -0.2) is 0 Å². The largest absolute Gasteiger partial charge is 0.481 e. The molecule has 0 bridgehead atoms. The van der Waals surface area contributed by atoms with Crippen molar-refractivity contribution >= 4 is 5.97 Å². The monoisotopic (exact) mass is 225 g/mol. The molecule has 1 aliphatic heterocycles. The van der Waals surface area contributed by atoms with Crippen LogP contribution in [0.3, 0.4) is 0 Å². The second-order valence-electron chi connectivity index (χ2n) is 5.92. The Morgan fingerprint density at radius 3 is 2.69 bits per heavy atom. The van der Waals surface area contributed by atoms with Gasteiger partial charge in [0.2, 0.25) is 0 Å². The number of rotatable bonds is 2. The van der Waals surface area contributed by atoms with Crippen molar-refractivity contribution < 1.29 is 9.90 Å². The number of likely N-dealkylation sites (tertiary alicyclic amines) is 1. The van der Waals surface area contributed by atoms with Gasteiger partial charge in [0.1, 0.15) is 0 Å². The molecule has 1 heterocycles. The van der Waals surface area contributed by atoms with Crippen molar-refractivity contribution in [1.29, 1.82) is 0 Å². The molecule has 3 atom stereocenters. The van der Waals surface area contributed by atoms with Gasteiger partial charge in [-0.15, -0.1) is 0 Å². The summed E-state index contributed by atoms with van der Waals surface area (Å²) in [6.45, 7) is 6.06. The Morgan fingerprint density at radius 1 is 1.38 bits per heavy atom. The molecule has 2 aliphatic rings. The van der Waals surface area contributed by atoms with Crippen molar-refractivity contribution in [3.05, 3.63) is 0 Å². The number of piperidine rings is 1. The number of hydrogen-bond donors (Lipinski definition) is 1. The fraction of sp³-hybridized carbons (Fsp3) is 0.923. The number of carboxylic acids is 1. The molecule has 16 heavy (non-hydrogen) atoms. The van der Waals surface area contributed by atoms with E-state index in [-0.39, 0.29) is 0 Å². The lowest BCUT2D eigenvalue weighted by molar-refractivity contribution is -0.152. The maximum absolute atomic E-state index is 11.3. The van der Waals surface area contributed by atoms with Crippen LogP contribution in [0, 0.1) is 11.3 Å². The zero-order valence-electron chi connectivity index (χ0n) is 10.4. The highest BCUT2D eigenvalue weighted by Gasteiger charge is 2.41. The third-order valence-corrected chi connectivity index (χ3v) is 4.53. The van der Waals surface area contributed by atoms with Crippen molar-refractivity contribution in [2.75, 3.05) is 13.1 Å². The van der Waals surface area contributed by atoms with E-state index in [1.165, 1.54) is 19.3 Å². The van der Waals surface area contributed by atoms with E-state index in [1.54, 1.807) is 0 Å². The van der Waals surface area contributed by atoms with E-state index in [1.807, 2.05) is 6.92 Å². The Hall–Kier alpha value is -0.570. The van der Waals surface area contributed by atoms with Crippen LogP contribution in [0.2, 0.25) is 0 Å². The molecular weight excluding hydrogens is 202 g/mol. The normalized spacial score (nSPS) is 41.1. The van der Waals surface area contributed by atoms with E-state index in [2.05, 4.69) is 11.8 Å². The minimum absolute atomic E-state index is 0.513. The van der Waals surface area contributed by atoms with Gasteiger partial charge < -0.3 is 5.11 Å². The predicted octanol–water partition coefficient (Wildman–Crippen LogP) is 2.36. The summed E-state index contributed by atoms with van der Waals surface area (Å²) in [4.78, 5) is 13.7. The lowest BCUT2D eigenvalue weighted by atomic mass is 9.81. The second-order valence-corrected chi connectivity index (χ2v) is 5.92. The van der Waals surface area contributed by atoms with Gasteiger partial charge in [-0.1, -0.05) is 13.3 Å². The Labute approximate surface area is 97.8 Å². The van der Waals surface area contributed by atoms with Crippen molar-refractivity contribution in [2.45, 2.75) is 52.0 Å². The molecule has 0 radical (unpaired) electrons. The van der Waals surface area contributed by atoms with Crippen molar-refractivity contribution in [3.63, 3.8) is 0 Å². The van der Waals surface area contributed by atoms with Crippen LogP contribution in [-0.2, 0) is 4.79 Å². The maximum Gasteiger partial charge on any atom is 0.310 e. The van der Waals surface area contributed by atoms with Gasteiger partial charge in [0.05, 0.1) is 5.41 Å². The molecule has 3 unspecified atom stereocenters. The van der Waals surface area contributed by atoms with Gasteiger partial charge in [-0.2, -0.15) is 0 Å². The zero-order chi connectivity index (χ0) is 11.8. The molecule has 1 saturated heterocycles. The number of carboxylic acid groups (broad SMARTS) is 1. The molecule has 1 aliphatic carbocycles. The van der Waals surface area contributed by atoms with E-state index in [4.69, 9.17) is 0 Å². The van der Waals surface area contributed by atoms with E-state index in [9.17, 15) is 9.90 Å². The smallest absolute Gasteiger partial charge is 0.310 e. The summed E-state index contributed by atoms with van der Waals surface area (Å²) < 4.78 is 0. The summed E-state index contributed by atoms with van der Waals surface area (Å²) in [7, 11) is 0. The SMILES string of the molecule is CC1CCCC1N1CCCC(C)(C(=O)O)C1. The van der Waals surface area contributed by atoms with E-state index in [0.717, 1.165) is 31.8 Å². The molecule has 92 valence electrons. The summed E-state index contributed by atoms with van der Waals surface area (Å²) in [5, 5.41) is 9.30. The fourth-order valence-corrected chi connectivity index (χ4v) is 3.40. The van der Waals surface area contributed by atoms with Gasteiger partial charge >= 0.3 is 5.97 Å². The summed E-state index contributed by atoms with van der Waals surface area (Å²) in [5.74, 6) is 0.124. The quantitative estimate of drug-likeness (QED) is 0.784. The lowest BCUT2D eigenvalue weighted by Gasteiger charge is -2.42. The highest BCUT2D eigenvalue weighted by molar-refractivity contribution is 5.74. The number of carbonyl (C=O) groups is 1. The molecule has 2 fully saturated rings. The molecule has 3 heteroatoms. The Balaban J connectivity index is 2.04. The van der Waals surface area contributed by atoms with Gasteiger partial charge in [0.15, 0.2) is 0 Å². The molecule has 0 amide bonds. The second kappa shape index (κ2) is 4.36. The minimum Gasteiger partial charge on any atom is -0.481 e. The van der Waals surface area contributed by atoms with Crippen LogP contribution in [0.1, 0.15) is 46.0 Å². The van der Waals surface area contributed by atoms with Crippen molar-refractivity contribution in [2.24, 2.45) is 11.3 Å². The summed E-state index contributed by atoms with van der Waals surface area (Å²) >= 11 is 0. The maximum atomic E-state index is 11.3. The lowest BCUT2D eigenvalue weighted by Crippen LogP contribution is -2.50. The van der Waals surface area contributed by atoms with Crippen LogP contribution >= 0.6 is 0 Å². The van der Waals surface area contributed by atoms with Gasteiger partial charge in [-0.3, -0.25) is 9.69 Å². The summed E-state index contributed by atoms with van der Waals surface area (Å²) in [6, 6.07) is 0.638. The number of nitrogens with zero attached hydrogens (tertiary/aromatic N) is 1. The fourth-order valence-electron chi connectivity index (χ4n) is 3.40. The average Bonchev–Trinajstić information content (AvgIpc) is 2.64. The van der Waals surface area contributed by atoms with Crippen LogP contribution in [0.4, 0.5) is 0 Å². The third kappa shape index (κ3) is 2.10. The number of aliphatic carboxylic acids is 1. The minimum atomic E-state index is -0.622. The van der Waals surface area contributed by atoms with Crippen LogP contribution in [0.5, 0.6) is 0 Å². The first-order valence-corrected chi connectivity index (χ1v) is 6.50. The molecule has 2 rings (SSSR count). The summed E-state index contributed by atoms with van der Waals surface area (Å²) in [6.07, 6.45) is 5.75.